The normalized spacial score (nSPS) is 28.7. The van der Waals surface area contributed by atoms with Gasteiger partial charge in [0.25, 0.3) is 0 Å². The van der Waals surface area contributed by atoms with E-state index in [2.05, 4.69) is 10.2 Å². The lowest BCUT2D eigenvalue weighted by Gasteiger charge is -2.38. The summed E-state index contributed by atoms with van der Waals surface area (Å²) in [5.41, 5.74) is 1.64. The highest BCUT2D eigenvalue weighted by atomic mass is 19.1. The standard InChI is InChI=1S/C16H23FN2/c17-15-5-3-14(4-6-15)13-19-12-2-8-16(19)7-1-10-18-11-9-16/h3-6,18H,1-2,7-13H2. The van der Waals surface area contributed by atoms with Crippen LogP contribution in [-0.4, -0.2) is 30.1 Å². The Kier molecular flexibility index (Phi) is 3.85. The van der Waals surface area contributed by atoms with E-state index >= 15 is 0 Å². The van der Waals surface area contributed by atoms with Crippen molar-refractivity contribution < 1.29 is 4.39 Å². The molecule has 1 unspecified atom stereocenters. The highest BCUT2D eigenvalue weighted by Crippen LogP contribution is 2.38. The minimum Gasteiger partial charge on any atom is -0.317 e. The van der Waals surface area contributed by atoms with E-state index in [-0.39, 0.29) is 5.82 Å². The van der Waals surface area contributed by atoms with E-state index in [0.29, 0.717) is 5.54 Å². The SMILES string of the molecule is Fc1ccc(CN2CCCC23CCCNCC3)cc1. The number of likely N-dealkylation sites (tertiary alicyclic amines) is 1. The summed E-state index contributed by atoms with van der Waals surface area (Å²) in [6.07, 6.45) is 6.48. The molecule has 2 aliphatic heterocycles. The Labute approximate surface area is 115 Å². The van der Waals surface area contributed by atoms with Gasteiger partial charge in [-0.2, -0.15) is 0 Å². The van der Waals surface area contributed by atoms with Gasteiger partial charge in [0, 0.05) is 12.1 Å². The Balaban J connectivity index is 1.73. The summed E-state index contributed by atoms with van der Waals surface area (Å²) < 4.78 is 13.0. The number of hydrogen-bond acceptors (Lipinski definition) is 2. The number of benzene rings is 1. The molecule has 2 nitrogen and oxygen atoms in total. The molecule has 19 heavy (non-hydrogen) atoms. The molecule has 0 aromatic heterocycles. The van der Waals surface area contributed by atoms with E-state index in [9.17, 15) is 4.39 Å². The molecule has 0 saturated carbocycles. The maximum Gasteiger partial charge on any atom is 0.123 e. The molecule has 2 heterocycles. The van der Waals surface area contributed by atoms with Crippen LogP contribution in [0.1, 0.15) is 37.7 Å². The second kappa shape index (κ2) is 5.59. The Morgan fingerprint density at radius 3 is 2.68 bits per heavy atom. The van der Waals surface area contributed by atoms with Crippen LogP contribution in [0.4, 0.5) is 4.39 Å². The average Bonchev–Trinajstić information content (AvgIpc) is 2.64. The third-order valence-corrected chi connectivity index (χ3v) is 4.79. The van der Waals surface area contributed by atoms with Gasteiger partial charge in [0.05, 0.1) is 0 Å². The van der Waals surface area contributed by atoms with E-state index < -0.39 is 0 Å². The van der Waals surface area contributed by atoms with Gasteiger partial charge in [-0.3, -0.25) is 4.90 Å². The molecule has 1 aromatic rings. The van der Waals surface area contributed by atoms with Crippen molar-refractivity contribution in [2.75, 3.05) is 19.6 Å². The predicted octanol–water partition coefficient (Wildman–Crippen LogP) is 2.93. The fraction of sp³-hybridized carbons (Fsp3) is 0.625. The summed E-state index contributed by atoms with van der Waals surface area (Å²) in [5, 5.41) is 3.51. The number of nitrogens with zero attached hydrogens (tertiary/aromatic N) is 1. The van der Waals surface area contributed by atoms with Crippen LogP contribution in [0.3, 0.4) is 0 Å². The quantitative estimate of drug-likeness (QED) is 0.881. The first kappa shape index (κ1) is 13.1. The second-order valence-electron chi connectivity index (χ2n) is 5.98. The van der Waals surface area contributed by atoms with Gasteiger partial charge in [-0.1, -0.05) is 12.1 Å². The largest absolute Gasteiger partial charge is 0.317 e. The van der Waals surface area contributed by atoms with Crippen molar-refractivity contribution in [1.29, 1.82) is 0 Å². The molecular weight excluding hydrogens is 239 g/mol. The van der Waals surface area contributed by atoms with E-state index in [0.717, 1.165) is 19.6 Å². The lowest BCUT2D eigenvalue weighted by molar-refractivity contribution is 0.114. The van der Waals surface area contributed by atoms with Gasteiger partial charge in [0.1, 0.15) is 5.82 Å². The molecular formula is C16H23FN2. The van der Waals surface area contributed by atoms with Crippen molar-refractivity contribution in [1.82, 2.24) is 10.2 Å². The van der Waals surface area contributed by atoms with Crippen LogP contribution in [0.5, 0.6) is 0 Å². The molecule has 1 spiro atoms. The van der Waals surface area contributed by atoms with Crippen molar-refractivity contribution in [2.45, 2.75) is 44.2 Å². The Bertz CT molecular complexity index is 407. The van der Waals surface area contributed by atoms with Crippen molar-refractivity contribution in [3.05, 3.63) is 35.6 Å². The molecule has 3 rings (SSSR count). The van der Waals surface area contributed by atoms with Gasteiger partial charge >= 0.3 is 0 Å². The van der Waals surface area contributed by atoms with Crippen LogP contribution in [0.2, 0.25) is 0 Å². The van der Waals surface area contributed by atoms with Crippen molar-refractivity contribution in [3.63, 3.8) is 0 Å². The third-order valence-electron chi connectivity index (χ3n) is 4.79. The number of nitrogens with one attached hydrogen (secondary N) is 1. The zero-order valence-corrected chi connectivity index (χ0v) is 11.5. The van der Waals surface area contributed by atoms with Crippen LogP contribution >= 0.6 is 0 Å². The Hall–Kier alpha value is -0.930. The molecule has 104 valence electrons. The first-order valence-corrected chi connectivity index (χ1v) is 7.49. The highest BCUT2D eigenvalue weighted by Gasteiger charge is 2.40. The lowest BCUT2D eigenvalue weighted by atomic mass is 9.87. The summed E-state index contributed by atoms with van der Waals surface area (Å²) in [6, 6.07) is 7.01. The summed E-state index contributed by atoms with van der Waals surface area (Å²) >= 11 is 0. The van der Waals surface area contributed by atoms with Gasteiger partial charge in [-0.15, -0.1) is 0 Å². The average molecular weight is 262 g/mol. The predicted molar refractivity (Wildman–Crippen MR) is 75.5 cm³/mol. The number of halogens is 1. The van der Waals surface area contributed by atoms with Gasteiger partial charge in [-0.05, 0) is 69.4 Å². The highest BCUT2D eigenvalue weighted by molar-refractivity contribution is 5.17. The molecule has 2 aliphatic rings. The maximum atomic E-state index is 13.0. The van der Waals surface area contributed by atoms with Crippen LogP contribution in [0.25, 0.3) is 0 Å². The molecule has 2 saturated heterocycles. The van der Waals surface area contributed by atoms with E-state index in [1.165, 1.54) is 44.2 Å². The van der Waals surface area contributed by atoms with Gasteiger partial charge in [0.15, 0.2) is 0 Å². The number of rotatable bonds is 2. The van der Waals surface area contributed by atoms with Crippen LogP contribution in [0, 0.1) is 5.82 Å². The topological polar surface area (TPSA) is 15.3 Å². The summed E-state index contributed by atoms with van der Waals surface area (Å²) in [7, 11) is 0. The first-order valence-electron chi connectivity index (χ1n) is 7.49. The van der Waals surface area contributed by atoms with Crippen LogP contribution in [-0.2, 0) is 6.54 Å². The van der Waals surface area contributed by atoms with Crippen LogP contribution < -0.4 is 5.32 Å². The third kappa shape index (κ3) is 2.82. The van der Waals surface area contributed by atoms with Crippen LogP contribution in [0.15, 0.2) is 24.3 Å². The summed E-state index contributed by atoms with van der Waals surface area (Å²) in [5.74, 6) is -0.140. The first-order chi connectivity index (χ1) is 9.28. The monoisotopic (exact) mass is 262 g/mol. The summed E-state index contributed by atoms with van der Waals surface area (Å²) in [6.45, 7) is 4.46. The molecule has 0 bridgehead atoms. The summed E-state index contributed by atoms with van der Waals surface area (Å²) in [4.78, 5) is 2.65. The second-order valence-corrected chi connectivity index (χ2v) is 5.98. The van der Waals surface area contributed by atoms with E-state index in [1.54, 1.807) is 12.1 Å². The van der Waals surface area contributed by atoms with Gasteiger partial charge in [0.2, 0.25) is 0 Å². The molecule has 0 amide bonds. The lowest BCUT2D eigenvalue weighted by Crippen LogP contribution is -2.43. The molecule has 1 atom stereocenters. The maximum absolute atomic E-state index is 13.0. The van der Waals surface area contributed by atoms with Crippen molar-refractivity contribution in [3.8, 4) is 0 Å². The minimum absolute atomic E-state index is 0.140. The zero-order chi connectivity index (χ0) is 13.1. The minimum atomic E-state index is -0.140. The smallest absolute Gasteiger partial charge is 0.123 e. The molecule has 1 N–H and O–H groups in total. The molecule has 0 aliphatic carbocycles. The van der Waals surface area contributed by atoms with Gasteiger partial charge < -0.3 is 5.32 Å². The van der Waals surface area contributed by atoms with Gasteiger partial charge in [-0.25, -0.2) is 4.39 Å². The van der Waals surface area contributed by atoms with E-state index in [4.69, 9.17) is 0 Å². The number of hydrogen-bond donors (Lipinski definition) is 1. The Morgan fingerprint density at radius 1 is 1.05 bits per heavy atom. The molecule has 1 aromatic carbocycles. The van der Waals surface area contributed by atoms with Crippen molar-refractivity contribution >= 4 is 0 Å². The Morgan fingerprint density at radius 2 is 1.84 bits per heavy atom. The zero-order valence-electron chi connectivity index (χ0n) is 11.5. The molecule has 2 fully saturated rings. The van der Waals surface area contributed by atoms with Crippen molar-refractivity contribution in [2.24, 2.45) is 0 Å². The molecule has 3 heteroatoms. The fourth-order valence-electron chi connectivity index (χ4n) is 3.73. The molecule has 0 radical (unpaired) electrons. The van der Waals surface area contributed by atoms with E-state index in [1.807, 2.05) is 12.1 Å². The fourth-order valence-corrected chi connectivity index (χ4v) is 3.73.